The molecule has 0 amide bonds. The Labute approximate surface area is 136 Å². The first kappa shape index (κ1) is 14.4. The SMILES string of the molecule is c1cn(CC2CCC2)c(C2CCCN(Cc3cscn3)C2)n1. The maximum Gasteiger partial charge on any atom is 0.113 e. The van der Waals surface area contributed by atoms with Crippen molar-refractivity contribution in [2.75, 3.05) is 13.1 Å². The van der Waals surface area contributed by atoms with Crippen LogP contribution in [0.4, 0.5) is 0 Å². The maximum absolute atomic E-state index is 4.71. The van der Waals surface area contributed by atoms with Crippen LogP contribution in [0.1, 0.15) is 49.5 Å². The van der Waals surface area contributed by atoms with Gasteiger partial charge in [0.25, 0.3) is 0 Å². The summed E-state index contributed by atoms with van der Waals surface area (Å²) >= 11 is 1.69. The molecule has 2 aromatic rings. The number of thiazole rings is 1. The van der Waals surface area contributed by atoms with Gasteiger partial charge in [0.05, 0.1) is 11.2 Å². The molecule has 1 atom stereocenters. The molecule has 0 N–H and O–H groups in total. The number of rotatable bonds is 5. The van der Waals surface area contributed by atoms with Gasteiger partial charge >= 0.3 is 0 Å². The average Bonchev–Trinajstić information content (AvgIpc) is 3.14. The fourth-order valence-corrected chi connectivity index (χ4v) is 4.29. The van der Waals surface area contributed by atoms with Gasteiger partial charge in [-0.1, -0.05) is 6.42 Å². The summed E-state index contributed by atoms with van der Waals surface area (Å²) in [5.41, 5.74) is 3.14. The van der Waals surface area contributed by atoms with E-state index in [9.17, 15) is 0 Å². The second kappa shape index (κ2) is 6.50. The topological polar surface area (TPSA) is 34.0 Å². The van der Waals surface area contributed by atoms with Crippen LogP contribution in [0.3, 0.4) is 0 Å². The zero-order valence-corrected chi connectivity index (χ0v) is 13.8. The van der Waals surface area contributed by atoms with Gasteiger partial charge in [-0.3, -0.25) is 4.90 Å². The van der Waals surface area contributed by atoms with E-state index in [4.69, 9.17) is 4.98 Å². The molecule has 1 saturated carbocycles. The van der Waals surface area contributed by atoms with Crippen LogP contribution in [-0.4, -0.2) is 32.5 Å². The predicted molar refractivity (Wildman–Crippen MR) is 88.9 cm³/mol. The second-order valence-corrected chi connectivity index (χ2v) is 7.51. The van der Waals surface area contributed by atoms with Crippen LogP contribution in [0.5, 0.6) is 0 Å². The summed E-state index contributed by atoms with van der Waals surface area (Å²) < 4.78 is 2.43. The Balaban J connectivity index is 1.42. The van der Waals surface area contributed by atoms with E-state index >= 15 is 0 Å². The first-order valence-corrected chi connectivity index (χ1v) is 9.43. The van der Waals surface area contributed by atoms with E-state index in [0.29, 0.717) is 5.92 Å². The van der Waals surface area contributed by atoms with Crippen LogP contribution in [0, 0.1) is 5.92 Å². The van der Waals surface area contributed by atoms with Crippen molar-refractivity contribution in [1.29, 1.82) is 0 Å². The predicted octanol–water partition coefficient (Wildman–Crippen LogP) is 3.52. The lowest BCUT2D eigenvalue weighted by Crippen LogP contribution is -2.35. The molecule has 4 rings (SSSR count). The van der Waals surface area contributed by atoms with Gasteiger partial charge in [0.15, 0.2) is 0 Å². The standard InChI is InChI=1S/C17H24N4S/c1-3-14(4-1)9-21-8-6-18-17(21)15-5-2-7-20(10-15)11-16-12-22-13-19-16/h6,8,12-15H,1-5,7,9-11H2. The van der Waals surface area contributed by atoms with E-state index in [1.807, 2.05) is 11.7 Å². The van der Waals surface area contributed by atoms with Gasteiger partial charge < -0.3 is 4.57 Å². The molecule has 0 aromatic carbocycles. The minimum Gasteiger partial charge on any atom is -0.334 e. The molecule has 118 valence electrons. The first-order chi connectivity index (χ1) is 10.9. The molecule has 22 heavy (non-hydrogen) atoms. The normalized spacial score (nSPS) is 23.5. The molecule has 1 aliphatic carbocycles. The van der Waals surface area contributed by atoms with Crippen molar-refractivity contribution in [3.8, 4) is 0 Å². The molecule has 1 unspecified atom stereocenters. The largest absolute Gasteiger partial charge is 0.334 e. The highest BCUT2D eigenvalue weighted by Gasteiger charge is 2.26. The molecule has 1 saturated heterocycles. The highest BCUT2D eigenvalue weighted by Crippen LogP contribution is 2.31. The average molecular weight is 316 g/mol. The molecule has 0 spiro atoms. The Kier molecular flexibility index (Phi) is 4.26. The summed E-state index contributed by atoms with van der Waals surface area (Å²) in [6.07, 6.45) is 10.9. The van der Waals surface area contributed by atoms with E-state index in [2.05, 4.69) is 26.0 Å². The quantitative estimate of drug-likeness (QED) is 0.846. The molecule has 3 heterocycles. The van der Waals surface area contributed by atoms with Crippen LogP contribution in [0.25, 0.3) is 0 Å². The third-order valence-corrected chi connectivity index (χ3v) is 5.80. The van der Waals surface area contributed by atoms with Crippen LogP contribution in [0.2, 0.25) is 0 Å². The lowest BCUT2D eigenvalue weighted by Gasteiger charge is -2.33. The van der Waals surface area contributed by atoms with Crippen LogP contribution in [-0.2, 0) is 13.1 Å². The van der Waals surface area contributed by atoms with Crippen LogP contribution >= 0.6 is 11.3 Å². The Hall–Kier alpha value is -1.20. The van der Waals surface area contributed by atoms with Crippen molar-refractivity contribution in [1.82, 2.24) is 19.4 Å². The number of likely N-dealkylation sites (tertiary alicyclic amines) is 1. The van der Waals surface area contributed by atoms with Gasteiger partial charge in [-0.2, -0.15) is 0 Å². The van der Waals surface area contributed by atoms with Gasteiger partial charge in [0.1, 0.15) is 5.82 Å². The van der Waals surface area contributed by atoms with Gasteiger partial charge in [-0.05, 0) is 38.1 Å². The first-order valence-electron chi connectivity index (χ1n) is 8.49. The van der Waals surface area contributed by atoms with Gasteiger partial charge in [-0.15, -0.1) is 11.3 Å². The molecule has 2 aliphatic rings. The van der Waals surface area contributed by atoms with Gasteiger partial charge in [0, 0.05) is 43.3 Å². The lowest BCUT2D eigenvalue weighted by atomic mass is 9.85. The van der Waals surface area contributed by atoms with Gasteiger partial charge in [0.2, 0.25) is 0 Å². The Morgan fingerprint density at radius 2 is 2.14 bits per heavy atom. The number of nitrogens with zero attached hydrogens (tertiary/aromatic N) is 4. The number of hydrogen-bond donors (Lipinski definition) is 0. The summed E-state index contributed by atoms with van der Waals surface area (Å²) in [4.78, 5) is 11.7. The molecule has 1 aliphatic heterocycles. The minimum atomic E-state index is 0.586. The van der Waals surface area contributed by atoms with Crippen molar-refractivity contribution < 1.29 is 0 Å². The summed E-state index contributed by atoms with van der Waals surface area (Å²) in [5, 5.41) is 2.17. The lowest BCUT2D eigenvalue weighted by molar-refractivity contribution is 0.190. The Morgan fingerprint density at radius 3 is 2.91 bits per heavy atom. The summed E-state index contributed by atoms with van der Waals surface area (Å²) in [7, 11) is 0. The van der Waals surface area contributed by atoms with E-state index in [1.165, 1.54) is 56.7 Å². The molecular formula is C17H24N4S. The van der Waals surface area contributed by atoms with E-state index in [0.717, 1.165) is 19.0 Å². The van der Waals surface area contributed by atoms with E-state index in [1.54, 1.807) is 11.3 Å². The minimum absolute atomic E-state index is 0.586. The monoisotopic (exact) mass is 316 g/mol. The second-order valence-electron chi connectivity index (χ2n) is 6.79. The summed E-state index contributed by atoms with van der Waals surface area (Å²) in [6, 6.07) is 0. The molecule has 2 aromatic heterocycles. The van der Waals surface area contributed by atoms with E-state index < -0.39 is 0 Å². The molecule has 4 nitrogen and oxygen atoms in total. The molecule has 0 bridgehead atoms. The number of hydrogen-bond acceptors (Lipinski definition) is 4. The van der Waals surface area contributed by atoms with Crippen molar-refractivity contribution >= 4 is 11.3 Å². The van der Waals surface area contributed by atoms with Gasteiger partial charge in [-0.25, -0.2) is 9.97 Å². The number of piperidine rings is 1. The number of imidazole rings is 1. The third-order valence-electron chi connectivity index (χ3n) is 5.17. The molecule has 0 radical (unpaired) electrons. The zero-order chi connectivity index (χ0) is 14.8. The summed E-state index contributed by atoms with van der Waals surface area (Å²) in [6.45, 7) is 4.48. The van der Waals surface area contributed by atoms with E-state index in [-0.39, 0.29) is 0 Å². The van der Waals surface area contributed by atoms with Crippen molar-refractivity contribution in [3.63, 3.8) is 0 Å². The highest BCUT2D eigenvalue weighted by atomic mass is 32.1. The molecular weight excluding hydrogens is 292 g/mol. The Bertz CT molecular complexity index is 588. The van der Waals surface area contributed by atoms with Crippen molar-refractivity contribution in [2.24, 2.45) is 5.92 Å². The third kappa shape index (κ3) is 3.10. The number of aromatic nitrogens is 3. The van der Waals surface area contributed by atoms with Crippen molar-refractivity contribution in [2.45, 2.75) is 51.1 Å². The molecule has 2 fully saturated rings. The maximum atomic E-state index is 4.71. The fraction of sp³-hybridized carbons (Fsp3) is 0.647. The smallest absolute Gasteiger partial charge is 0.113 e. The molecule has 5 heteroatoms. The van der Waals surface area contributed by atoms with Crippen molar-refractivity contribution in [3.05, 3.63) is 34.8 Å². The fourth-order valence-electron chi connectivity index (χ4n) is 3.74. The van der Waals surface area contributed by atoms with Crippen LogP contribution < -0.4 is 0 Å². The zero-order valence-electron chi connectivity index (χ0n) is 13.0. The van der Waals surface area contributed by atoms with Crippen LogP contribution in [0.15, 0.2) is 23.3 Å². The highest BCUT2D eigenvalue weighted by molar-refractivity contribution is 7.07. The summed E-state index contributed by atoms with van der Waals surface area (Å²) in [5.74, 6) is 2.79. The Morgan fingerprint density at radius 1 is 1.18 bits per heavy atom.